The summed E-state index contributed by atoms with van der Waals surface area (Å²) >= 11 is 0. The van der Waals surface area contributed by atoms with E-state index in [0.29, 0.717) is 30.3 Å². The number of rotatable bonds is 7. The predicted molar refractivity (Wildman–Crippen MR) is 161 cm³/mol. The highest BCUT2D eigenvalue weighted by atomic mass is 19.3. The zero-order chi connectivity index (χ0) is 30.4. The van der Waals surface area contributed by atoms with Crippen molar-refractivity contribution in [2.24, 2.45) is 11.3 Å². The number of alkyl halides is 2. The van der Waals surface area contributed by atoms with Gasteiger partial charge in [-0.1, -0.05) is 26.0 Å². The van der Waals surface area contributed by atoms with Gasteiger partial charge in [0, 0.05) is 57.2 Å². The average molecular weight is 583 g/mol. The van der Waals surface area contributed by atoms with Crippen LogP contribution in [0.15, 0.2) is 42.5 Å². The molecule has 3 saturated heterocycles. The summed E-state index contributed by atoms with van der Waals surface area (Å²) in [6.45, 7) is 8.79. The number of amides is 2. The predicted octanol–water partition coefficient (Wildman–Crippen LogP) is 5.30. The Morgan fingerprint density at radius 3 is 2.26 bits per heavy atom. The van der Waals surface area contributed by atoms with Crippen LogP contribution < -0.4 is 9.80 Å². The van der Waals surface area contributed by atoms with Gasteiger partial charge < -0.3 is 19.8 Å². The van der Waals surface area contributed by atoms with Crippen molar-refractivity contribution >= 4 is 23.2 Å². The molecule has 1 atom stereocenters. The molecule has 228 valence electrons. The minimum Gasteiger partial charge on any atom is -0.372 e. The molecule has 1 N–H and O–H groups in total. The number of halogens is 2. The highest BCUT2D eigenvalue weighted by Crippen LogP contribution is 2.56. The van der Waals surface area contributed by atoms with Crippen molar-refractivity contribution in [3.63, 3.8) is 0 Å². The van der Waals surface area contributed by atoms with Crippen molar-refractivity contribution in [1.29, 1.82) is 0 Å². The Morgan fingerprint density at radius 1 is 1.00 bits per heavy atom. The molecule has 0 unspecified atom stereocenters. The van der Waals surface area contributed by atoms with Gasteiger partial charge in [0.1, 0.15) is 0 Å². The van der Waals surface area contributed by atoms with E-state index in [9.17, 15) is 23.5 Å². The maximum Gasteiger partial charge on any atom is 0.385 e. The number of benzene rings is 2. The number of hydrogen-bond acceptors (Lipinski definition) is 5. The Hall–Kier alpha value is -3.20. The monoisotopic (exact) mass is 582 g/mol. The summed E-state index contributed by atoms with van der Waals surface area (Å²) in [6, 6.07) is 9.07. The van der Waals surface area contributed by atoms with E-state index < -0.39 is 17.7 Å². The van der Waals surface area contributed by atoms with Crippen LogP contribution in [0, 0.1) is 18.3 Å². The van der Waals surface area contributed by atoms with Crippen LogP contribution >= 0.6 is 0 Å². The first kappa shape index (κ1) is 30.3. The first-order chi connectivity index (χ1) is 19.8. The molecule has 7 nitrogen and oxygen atoms in total. The standard InChI is InChI=1S/C33H44F2N4O3/c1-6-24-8-7-9-27(21-24)39-32(42,33(39,34)35)30(41)38-18-14-31(3,15-19-38)22-25-12-16-37(17-13-25)26-10-11-28(23(2)20-26)29(40)36(4)5/h7-11,20-21,25,42H,6,12-19,22H2,1-5H3/t32-,39?/m0/s1. The minimum atomic E-state index is -3.63. The van der Waals surface area contributed by atoms with Crippen LogP contribution in [0.4, 0.5) is 20.2 Å². The van der Waals surface area contributed by atoms with Gasteiger partial charge in [-0.05, 0) is 98.2 Å². The van der Waals surface area contributed by atoms with E-state index in [0.717, 1.165) is 67.6 Å². The molecule has 0 aliphatic carbocycles. The van der Waals surface area contributed by atoms with Gasteiger partial charge in [-0.3, -0.25) is 14.5 Å². The number of carbonyl (C=O) groups is 2. The molecule has 5 rings (SSSR count). The van der Waals surface area contributed by atoms with Crippen LogP contribution in [0.1, 0.15) is 67.4 Å². The fraction of sp³-hybridized carbons (Fsp3) is 0.576. The molecule has 0 aromatic heterocycles. The molecule has 0 bridgehead atoms. The van der Waals surface area contributed by atoms with Crippen LogP contribution in [0.5, 0.6) is 0 Å². The molecule has 3 aliphatic rings. The van der Waals surface area contributed by atoms with Gasteiger partial charge in [0.25, 0.3) is 11.8 Å². The van der Waals surface area contributed by atoms with E-state index in [1.54, 1.807) is 31.1 Å². The Kier molecular flexibility index (Phi) is 8.02. The maximum atomic E-state index is 14.9. The van der Waals surface area contributed by atoms with E-state index in [-0.39, 0.29) is 17.0 Å². The van der Waals surface area contributed by atoms with Crippen molar-refractivity contribution in [1.82, 2.24) is 9.80 Å². The van der Waals surface area contributed by atoms with Gasteiger partial charge in [0.2, 0.25) is 0 Å². The van der Waals surface area contributed by atoms with Gasteiger partial charge in [0.15, 0.2) is 0 Å². The third-order valence-electron chi connectivity index (χ3n) is 9.71. The first-order valence-electron chi connectivity index (χ1n) is 15.2. The lowest BCUT2D eigenvalue weighted by Crippen LogP contribution is -2.50. The summed E-state index contributed by atoms with van der Waals surface area (Å²) in [5.74, 6) is -0.335. The summed E-state index contributed by atoms with van der Waals surface area (Å²) in [5, 5.41) is 10.9. The number of carbonyl (C=O) groups excluding carboxylic acids is 2. The Labute approximate surface area is 248 Å². The Morgan fingerprint density at radius 2 is 1.67 bits per heavy atom. The maximum absolute atomic E-state index is 14.9. The first-order valence-corrected chi connectivity index (χ1v) is 15.2. The molecule has 2 aromatic carbocycles. The smallest absolute Gasteiger partial charge is 0.372 e. The van der Waals surface area contributed by atoms with Crippen LogP contribution in [0.3, 0.4) is 0 Å². The molecule has 0 spiro atoms. The SMILES string of the molecule is CCc1cccc(N2C(F)(F)[C@@]2(O)C(=O)N2CCC(C)(CC3CCN(c4ccc(C(=O)N(C)C)c(C)c4)CC3)CC2)c1. The lowest BCUT2D eigenvalue weighted by molar-refractivity contribution is -0.151. The van der Waals surface area contributed by atoms with E-state index in [1.165, 1.54) is 11.0 Å². The molecule has 0 saturated carbocycles. The van der Waals surface area contributed by atoms with Gasteiger partial charge in [-0.15, -0.1) is 0 Å². The Bertz CT molecular complexity index is 1330. The third-order valence-corrected chi connectivity index (χ3v) is 9.71. The summed E-state index contributed by atoms with van der Waals surface area (Å²) in [6.07, 6.45) is 5.30. The number of piperidine rings is 2. The van der Waals surface area contributed by atoms with Gasteiger partial charge in [-0.2, -0.15) is 8.78 Å². The average Bonchev–Trinajstić information content (AvgIpc) is 3.44. The molecule has 0 radical (unpaired) electrons. The third kappa shape index (κ3) is 5.36. The summed E-state index contributed by atoms with van der Waals surface area (Å²) in [4.78, 5) is 31.6. The van der Waals surface area contributed by atoms with E-state index in [2.05, 4.69) is 17.9 Å². The molecule has 42 heavy (non-hydrogen) atoms. The fourth-order valence-electron chi connectivity index (χ4n) is 6.88. The number of nitrogens with zero attached hydrogens (tertiary/aromatic N) is 4. The quantitative estimate of drug-likeness (QED) is 0.355. The zero-order valence-electron chi connectivity index (χ0n) is 25.5. The highest BCUT2D eigenvalue weighted by molar-refractivity contribution is 5.96. The molecule has 3 heterocycles. The van der Waals surface area contributed by atoms with E-state index in [4.69, 9.17) is 0 Å². The topological polar surface area (TPSA) is 67.1 Å². The van der Waals surface area contributed by atoms with Crippen LogP contribution in [-0.2, 0) is 11.2 Å². The Balaban J connectivity index is 1.14. The number of hydrogen-bond donors (Lipinski definition) is 1. The molecular weight excluding hydrogens is 538 g/mol. The van der Waals surface area contributed by atoms with Gasteiger partial charge in [-0.25, -0.2) is 0 Å². The van der Waals surface area contributed by atoms with Gasteiger partial charge >= 0.3 is 11.8 Å². The largest absolute Gasteiger partial charge is 0.385 e. The summed E-state index contributed by atoms with van der Waals surface area (Å²) < 4.78 is 29.8. The summed E-state index contributed by atoms with van der Waals surface area (Å²) in [7, 11) is 3.52. The second-order valence-electron chi connectivity index (χ2n) is 13.0. The second kappa shape index (κ2) is 11.1. The number of aliphatic hydroxyl groups is 1. The number of likely N-dealkylation sites (tertiary alicyclic amines) is 1. The number of anilines is 2. The second-order valence-corrected chi connectivity index (χ2v) is 13.0. The zero-order valence-corrected chi connectivity index (χ0v) is 25.5. The van der Waals surface area contributed by atoms with Gasteiger partial charge in [0.05, 0.1) is 0 Å². The summed E-state index contributed by atoms with van der Waals surface area (Å²) in [5.41, 5.74) is 1.09. The fourth-order valence-corrected chi connectivity index (χ4v) is 6.88. The van der Waals surface area contributed by atoms with Crippen molar-refractivity contribution in [3.05, 3.63) is 59.2 Å². The van der Waals surface area contributed by atoms with Crippen LogP contribution in [-0.4, -0.2) is 78.8 Å². The molecule has 3 aliphatic heterocycles. The molecule has 3 fully saturated rings. The van der Waals surface area contributed by atoms with E-state index >= 15 is 0 Å². The normalized spacial score (nSPS) is 23.6. The molecule has 2 aromatic rings. The molecule has 9 heteroatoms. The highest BCUT2D eigenvalue weighted by Gasteiger charge is 2.85. The van der Waals surface area contributed by atoms with E-state index in [1.807, 2.05) is 32.0 Å². The van der Waals surface area contributed by atoms with Crippen molar-refractivity contribution in [2.75, 3.05) is 50.1 Å². The van der Waals surface area contributed by atoms with Crippen LogP contribution in [0.2, 0.25) is 0 Å². The molecular formula is C33H44F2N4O3. The van der Waals surface area contributed by atoms with Crippen molar-refractivity contribution in [2.45, 2.75) is 71.1 Å². The van der Waals surface area contributed by atoms with Crippen LogP contribution in [0.25, 0.3) is 0 Å². The minimum absolute atomic E-state index is 0.0119. The molecule has 2 amide bonds. The lowest BCUT2D eigenvalue weighted by atomic mass is 9.71. The van der Waals surface area contributed by atoms with Crippen molar-refractivity contribution in [3.8, 4) is 0 Å². The van der Waals surface area contributed by atoms with Crippen molar-refractivity contribution < 1.29 is 23.5 Å². The lowest BCUT2D eigenvalue weighted by Gasteiger charge is -2.43. The number of aryl methyl sites for hydroxylation is 2.